The van der Waals surface area contributed by atoms with Crippen molar-refractivity contribution in [2.75, 3.05) is 30.3 Å². The second-order valence-corrected chi connectivity index (χ2v) is 6.97. The number of hydrogen-bond donors (Lipinski definition) is 2. The SMILES string of the molecule is CCCOCc1ccccc1CNC(=O)CN1CCCc2c(N)cccc21. The van der Waals surface area contributed by atoms with Crippen LogP contribution in [0.5, 0.6) is 0 Å². The van der Waals surface area contributed by atoms with Gasteiger partial charge in [-0.25, -0.2) is 0 Å². The summed E-state index contributed by atoms with van der Waals surface area (Å²) in [6.45, 7) is 5.17. The summed E-state index contributed by atoms with van der Waals surface area (Å²) in [6, 6.07) is 14.0. The summed E-state index contributed by atoms with van der Waals surface area (Å²) in [5.41, 5.74) is 11.4. The van der Waals surface area contributed by atoms with Crippen molar-refractivity contribution < 1.29 is 9.53 Å². The van der Waals surface area contributed by atoms with Crippen molar-refractivity contribution in [3.05, 3.63) is 59.2 Å². The minimum atomic E-state index is 0.0227. The maximum Gasteiger partial charge on any atom is 0.239 e. The predicted molar refractivity (Wildman–Crippen MR) is 110 cm³/mol. The van der Waals surface area contributed by atoms with Gasteiger partial charge in [0.15, 0.2) is 0 Å². The molecule has 0 atom stereocenters. The number of nitrogens with one attached hydrogen (secondary N) is 1. The Morgan fingerprint density at radius 1 is 1.19 bits per heavy atom. The molecule has 5 nitrogen and oxygen atoms in total. The fraction of sp³-hybridized carbons (Fsp3) is 0.409. The molecule has 1 aliphatic rings. The molecular weight excluding hydrogens is 338 g/mol. The van der Waals surface area contributed by atoms with E-state index in [1.807, 2.05) is 30.3 Å². The fourth-order valence-corrected chi connectivity index (χ4v) is 3.51. The van der Waals surface area contributed by atoms with Crippen molar-refractivity contribution in [3.63, 3.8) is 0 Å². The molecule has 27 heavy (non-hydrogen) atoms. The molecule has 0 bridgehead atoms. The molecule has 0 fully saturated rings. The Bertz CT molecular complexity index is 776. The average Bonchev–Trinajstić information content (AvgIpc) is 2.68. The van der Waals surface area contributed by atoms with Crippen LogP contribution in [-0.4, -0.2) is 25.6 Å². The third-order valence-electron chi connectivity index (χ3n) is 4.92. The zero-order valence-corrected chi connectivity index (χ0v) is 16.0. The summed E-state index contributed by atoms with van der Waals surface area (Å²) in [5.74, 6) is 0.0227. The molecule has 5 heteroatoms. The summed E-state index contributed by atoms with van der Waals surface area (Å²) in [5, 5.41) is 3.06. The first-order valence-corrected chi connectivity index (χ1v) is 9.72. The van der Waals surface area contributed by atoms with Gasteiger partial charge in [0.05, 0.1) is 13.2 Å². The summed E-state index contributed by atoms with van der Waals surface area (Å²) in [6.07, 6.45) is 3.00. The van der Waals surface area contributed by atoms with E-state index in [1.165, 1.54) is 0 Å². The van der Waals surface area contributed by atoms with Gasteiger partial charge in [0.2, 0.25) is 5.91 Å². The number of nitrogens with two attached hydrogens (primary N) is 1. The van der Waals surface area contributed by atoms with E-state index in [9.17, 15) is 4.79 Å². The number of rotatable bonds is 8. The van der Waals surface area contributed by atoms with Gasteiger partial charge >= 0.3 is 0 Å². The van der Waals surface area contributed by atoms with Crippen LogP contribution < -0.4 is 16.0 Å². The normalized spacial score (nSPS) is 13.3. The molecule has 3 rings (SSSR count). The number of ether oxygens (including phenoxy) is 1. The van der Waals surface area contributed by atoms with E-state index in [4.69, 9.17) is 10.5 Å². The summed E-state index contributed by atoms with van der Waals surface area (Å²) >= 11 is 0. The largest absolute Gasteiger partial charge is 0.398 e. The molecule has 0 spiro atoms. The van der Waals surface area contributed by atoms with Gasteiger partial charge in [-0.05, 0) is 48.1 Å². The first-order valence-electron chi connectivity index (χ1n) is 9.72. The van der Waals surface area contributed by atoms with E-state index in [0.717, 1.165) is 60.5 Å². The zero-order valence-electron chi connectivity index (χ0n) is 16.0. The molecule has 1 amide bonds. The second-order valence-electron chi connectivity index (χ2n) is 6.97. The monoisotopic (exact) mass is 367 g/mol. The number of hydrogen-bond acceptors (Lipinski definition) is 4. The van der Waals surface area contributed by atoms with Crippen molar-refractivity contribution in [1.29, 1.82) is 0 Å². The van der Waals surface area contributed by atoms with Crippen LogP contribution in [-0.2, 0) is 29.1 Å². The number of anilines is 2. The van der Waals surface area contributed by atoms with Gasteiger partial charge in [0.25, 0.3) is 0 Å². The van der Waals surface area contributed by atoms with Gasteiger partial charge in [-0.2, -0.15) is 0 Å². The van der Waals surface area contributed by atoms with E-state index in [-0.39, 0.29) is 5.91 Å². The molecule has 0 radical (unpaired) electrons. The Morgan fingerprint density at radius 2 is 2.00 bits per heavy atom. The Morgan fingerprint density at radius 3 is 2.81 bits per heavy atom. The molecule has 1 heterocycles. The lowest BCUT2D eigenvalue weighted by Gasteiger charge is -2.31. The smallest absolute Gasteiger partial charge is 0.239 e. The molecule has 144 valence electrons. The average molecular weight is 367 g/mol. The molecule has 2 aromatic rings. The highest BCUT2D eigenvalue weighted by molar-refractivity contribution is 5.82. The lowest BCUT2D eigenvalue weighted by Crippen LogP contribution is -2.39. The van der Waals surface area contributed by atoms with Crippen LogP contribution in [0.2, 0.25) is 0 Å². The molecule has 0 saturated carbocycles. The third-order valence-corrected chi connectivity index (χ3v) is 4.92. The Balaban J connectivity index is 1.58. The quantitative estimate of drug-likeness (QED) is 0.555. The van der Waals surface area contributed by atoms with E-state index < -0.39 is 0 Å². The first kappa shape index (κ1) is 19.2. The van der Waals surface area contributed by atoms with Crippen molar-refractivity contribution in [2.24, 2.45) is 0 Å². The van der Waals surface area contributed by atoms with Crippen LogP contribution in [0, 0.1) is 0 Å². The Kier molecular flexibility index (Phi) is 6.71. The summed E-state index contributed by atoms with van der Waals surface area (Å²) in [4.78, 5) is 14.7. The minimum absolute atomic E-state index is 0.0227. The van der Waals surface area contributed by atoms with Gasteiger partial charge in [-0.1, -0.05) is 37.3 Å². The van der Waals surface area contributed by atoms with Crippen molar-refractivity contribution in [2.45, 2.75) is 39.3 Å². The standard InChI is InChI=1S/C22H29N3O2/c1-2-13-27-16-18-8-4-3-7-17(18)14-24-22(26)15-25-12-6-9-19-20(23)10-5-11-21(19)25/h3-5,7-8,10-11H,2,6,9,12-16,23H2,1H3,(H,24,26). The number of carbonyl (C=O) groups excluding carboxylic acids is 1. The topological polar surface area (TPSA) is 67.6 Å². The molecule has 0 aromatic heterocycles. The molecule has 0 saturated heterocycles. The highest BCUT2D eigenvalue weighted by atomic mass is 16.5. The number of nitrogen functional groups attached to an aromatic ring is 1. The second kappa shape index (κ2) is 9.42. The number of fused-ring (bicyclic) bond motifs is 1. The first-order chi connectivity index (χ1) is 13.2. The van der Waals surface area contributed by atoms with Crippen molar-refractivity contribution in [1.82, 2.24) is 5.32 Å². The highest BCUT2D eigenvalue weighted by Crippen LogP contribution is 2.30. The van der Waals surface area contributed by atoms with Gasteiger partial charge in [0, 0.05) is 31.1 Å². The van der Waals surface area contributed by atoms with E-state index in [1.54, 1.807) is 0 Å². The molecule has 0 unspecified atom stereocenters. The van der Waals surface area contributed by atoms with E-state index in [0.29, 0.717) is 19.7 Å². The van der Waals surface area contributed by atoms with Crippen molar-refractivity contribution in [3.8, 4) is 0 Å². The number of benzene rings is 2. The maximum atomic E-state index is 12.5. The molecule has 3 N–H and O–H groups in total. The van der Waals surface area contributed by atoms with Gasteiger partial charge in [-0.3, -0.25) is 4.79 Å². The molecule has 0 aliphatic carbocycles. The Labute approximate surface area is 161 Å². The number of amides is 1. The van der Waals surface area contributed by atoms with Gasteiger partial charge in [-0.15, -0.1) is 0 Å². The van der Waals surface area contributed by atoms with Crippen LogP contribution in [0.3, 0.4) is 0 Å². The highest BCUT2D eigenvalue weighted by Gasteiger charge is 2.20. The molecule has 2 aromatic carbocycles. The van der Waals surface area contributed by atoms with Crippen LogP contribution in [0.1, 0.15) is 36.5 Å². The predicted octanol–water partition coefficient (Wildman–Crippen LogP) is 3.26. The zero-order chi connectivity index (χ0) is 19.1. The van der Waals surface area contributed by atoms with Crippen LogP contribution >= 0.6 is 0 Å². The number of nitrogens with zero attached hydrogens (tertiary/aromatic N) is 1. The lowest BCUT2D eigenvalue weighted by atomic mass is 10.00. The van der Waals surface area contributed by atoms with E-state index in [2.05, 4.69) is 29.3 Å². The van der Waals surface area contributed by atoms with Crippen molar-refractivity contribution >= 4 is 17.3 Å². The van der Waals surface area contributed by atoms with Crippen LogP contribution in [0.25, 0.3) is 0 Å². The van der Waals surface area contributed by atoms with Crippen LogP contribution in [0.4, 0.5) is 11.4 Å². The lowest BCUT2D eigenvalue weighted by molar-refractivity contribution is -0.119. The Hall–Kier alpha value is -2.53. The van der Waals surface area contributed by atoms with Crippen LogP contribution in [0.15, 0.2) is 42.5 Å². The third kappa shape index (κ3) is 5.01. The minimum Gasteiger partial charge on any atom is -0.398 e. The fourth-order valence-electron chi connectivity index (χ4n) is 3.51. The maximum absolute atomic E-state index is 12.5. The van der Waals surface area contributed by atoms with E-state index >= 15 is 0 Å². The summed E-state index contributed by atoms with van der Waals surface area (Å²) in [7, 11) is 0. The number of carbonyl (C=O) groups is 1. The molecular formula is C22H29N3O2. The van der Waals surface area contributed by atoms with Gasteiger partial charge < -0.3 is 20.7 Å². The molecule has 1 aliphatic heterocycles. The van der Waals surface area contributed by atoms with Gasteiger partial charge in [0.1, 0.15) is 0 Å². The summed E-state index contributed by atoms with van der Waals surface area (Å²) < 4.78 is 5.66.